The van der Waals surface area contributed by atoms with Crippen LogP contribution >= 0.6 is 12.4 Å². The first-order valence-electron chi connectivity index (χ1n) is 9.01. The normalized spacial score (nSPS) is 23.0. The molecule has 2 N–H and O–H groups in total. The average Bonchev–Trinajstić information content (AvgIpc) is 3.43. The first-order valence-corrected chi connectivity index (χ1v) is 9.01. The quantitative estimate of drug-likeness (QED) is 0.861. The van der Waals surface area contributed by atoms with Crippen LogP contribution in [-0.2, 0) is 4.79 Å². The van der Waals surface area contributed by atoms with Gasteiger partial charge in [0.1, 0.15) is 0 Å². The summed E-state index contributed by atoms with van der Waals surface area (Å²) in [4.78, 5) is 14.8. The Balaban J connectivity index is 0.00000182. The van der Waals surface area contributed by atoms with Crippen LogP contribution in [0.25, 0.3) is 10.8 Å². The molecule has 4 nitrogen and oxygen atoms in total. The summed E-state index contributed by atoms with van der Waals surface area (Å²) < 4.78 is 0. The van der Waals surface area contributed by atoms with Gasteiger partial charge >= 0.3 is 0 Å². The van der Waals surface area contributed by atoms with Gasteiger partial charge < -0.3 is 10.6 Å². The SMILES string of the molecule is Cl.O=C(NCCN1CCNCC1)C1CC1c1ccc2ccccc2c1. The molecule has 25 heavy (non-hydrogen) atoms. The minimum absolute atomic E-state index is 0. The fraction of sp³-hybridized carbons (Fsp3) is 0.450. The number of benzene rings is 2. The zero-order valence-electron chi connectivity index (χ0n) is 14.4. The molecule has 134 valence electrons. The fourth-order valence-electron chi connectivity index (χ4n) is 3.69. The number of carbonyl (C=O) groups is 1. The maximum absolute atomic E-state index is 12.4. The van der Waals surface area contributed by atoms with Crippen molar-refractivity contribution in [2.75, 3.05) is 39.3 Å². The molecule has 0 aromatic heterocycles. The van der Waals surface area contributed by atoms with Gasteiger partial charge in [0, 0.05) is 45.2 Å². The van der Waals surface area contributed by atoms with Gasteiger partial charge in [0.05, 0.1) is 0 Å². The lowest BCUT2D eigenvalue weighted by Crippen LogP contribution is -2.46. The highest BCUT2D eigenvalue weighted by Crippen LogP contribution is 2.48. The summed E-state index contributed by atoms with van der Waals surface area (Å²) in [6.07, 6.45) is 0.984. The van der Waals surface area contributed by atoms with Crippen LogP contribution in [0, 0.1) is 5.92 Å². The van der Waals surface area contributed by atoms with Crippen LogP contribution < -0.4 is 10.6 Å². The molecule has 2 fully saturated rings. The van der Waals surface area contributed by atoms with Crippen molar-refractivity contribution in [1.82, 2.24) is 15.5 Å². The van der Waals surface area contributed by atoms with Crippen molar-refractivity contribution in [2.24, 2.45) is 5.92 Å². The maximum atomic E-state index is 12.4. The summed E-state index contributed by atoms with van der Waals surface area (Å²) in [5.74, 6) is 0.784. The first kappa shape index (κ1) is 18.2. The van der Waals surface area contributed by atoms with Crippen LogP contribution in [0.1, 0.15) is 17.9 Å². The summed E-state index contributed by atoms with van der Waals surface area (Å²) in [5, 5.41) is 9.00. The number of halogens is 1. The predicted octanol–water partition coefficient (Wildman–Crippen LogP) is 2.39. The minimum Gasteiger partial charge on any atom is -0.355 e. The molecule has 5 heteroatoms. The van der Waals surface area contributed by atoms with E-state index in [2.05, 4.69) is 58.0 Å². The Labute approximate surface area is 155 Å². The van der Waals surface area contributed by atoms with Gasteiger partial charge in [0.15, 0.2) is 0 Å². The Morgan fingerprint density at radius 1 is 1.12 bits per heavy atom. The molecular formula is C20H26ClN3O. The number of nitrogens with zero attached hydrogens (tertiary/aromatic N) is 1. The highest BCUT2D eigenvalue weighted by molar-refractivity contribution is 5.86. The molecule has 2 aromatic carbocycles. The number of rotatable bonds is 5. The van der Waals surface area contributed by atoms with E-state index in [0.29, 0.717) is 5.92 Å². The topological polar surface area (TPSA) is 44.4 Å². The molecule has 2 unspecified atom stereocenters. The summed E-state index contributed by atoms with van der Waals surface area (Å²) in [6, 6.07) is 15.0. The third-order valence-corrected chi connectivity index (χ3v) is 5.27. The van der Waals surface area contributed by atoms with Crippen LogP contribution in [-0.4, -0.2) is 50.1 Å². The summed E-state index contributed by atoms with van der Waals surface area (Å²) in [6.45, 7) is 6.00. The van der Waals surface area contributed by atoms with E-state index in [1.807, 2.05) is 0 Å². The van der Waals surface area contributed by atoms with Gasteiger partial charge in [-0.25, -0.2) is 0 Å². The van der Waals surface area contributed by atoms with Crippen molar-refractivity contribution in [3.05, 3.63) is 48.0 Å². The molecule has 2 atom stereocenters. The molecule has 0 spiro atoms. The fourth-order valence-corrected chi connectivity index (χ4v) is 3.69. The molecule has 4 rings (SSSR count). The van der Waals surface area contributed by atoms with Crippen molar-refractivity contribution in [3.63, 3.8) is 0 Å². The van der Waals surface area contributed by atoms with Crippen molar-refractivity contribution >= 4 is 29.1 Å². The molecule has 1 aliphatic carbocycles. The van der Waals surface area contributed by atoms with E-state index in [4.69, 9.17) is 0 Å². The number of fused-ring (bicyclic) bond motifs is 1. The van der Waals surface area contributed by atoms with Crippen LogP contribution in [0.15, 0.2) is 42.5 Å². The van der Waals surface area contributed by atoms with E-state index >= 15 is 0 Å². The van der Waals surface area contributed by atoms with Gasteiger partial charge in [-0.15, -0.1) is 12.4 Å². The van der Waals surface area contributed by atoms with Crippen LogP contribution in [0.5, 0.6) is 0 Å². The molecule has 1 amide bonds. The number of hydrogen-bond donors (Lipinski definition) is 2. The third-order valence-electron chi connectivity index (χ3n) is 5.27. The predicted molar refractivity (Wildman–Crippen MR) is 104 cm³/mol. The van der Waals surface area contributed by atoms with Crippen LogP contribution in [0.3, 0.4) is 0 Å². The minimum atomic E-state index is 0. The number of nitrogens with one attached hydrogen (secondary N) is 2. The molecule has 0 bridgehead atoms. The summed E-state index contributed by atoms with van der Waals surface area (Å²) in [7, 11) is 0. The third kappa shape index (κ3) is 4.32. The van der Waals surface area contributed by atoms with Crippen molar-refractivity contribution in [2.45, 2.75) is 12.3 Å². The highest BCUT2D eigenvalue weighted by atomic mass is 35.5. The molecular weight excluding hydrogens is 334 g/mol. The lowest BCUT2D eigenvalue weighted by Gasteiger charge is -2.27. The second-order valence-corrected chi connectivity index (χ2v) is 6.94. The zero-order valence-corrected chi connectivity index (χ0v) is 15.2. The lowest BCUT2D eigenvalue weighted by molar-refractivity contribution is -0.122. The maximum Gasteiger partial charge on any atom is 0.223 e. The molecule has 1 saturated heterocycles. The Morgan fingerprint density at radius 3 is 2.68 bits per heavy atom. The number of piperazine rings is 1. The van der Waals surface area contributed by atoms with Gasteiger partial charge in [0.2, 0.25) is 5.91 Å². The summed E-state index contributed by atoms with van der Waals surface area (Å²) >= 11 is 0. The zero-order chi connectivity index (χ0) is 16.4. The van der Waals surface area contributed by atoms with Crippen molar-refractivity contribution in [1.29, 1.82) is 0 Å². The van der Waals surface area contributed by atoms with E-state index in [1.165, 1.54) is 16.3 Å². The molecule has 2 aliphatic rings. The second-order valence-electron chi connectivity index (χ2n) is 6.94. The van der Waals surface area contributed by atoms with Gasteiger partial charge in [-0.3, -0.25) is 9.69 Å². The van der Waals surface area contributed by atoms with E-state index in [-0.39, 0.29) is 24.2 Å². The van der Waals surface area contributed by atoms with Crippen molar-refractivity contribution < 1.29 is 4.79 Å². The number of hydrogen-bond acceptors (Lipinski definition) is 3. The Morgan fingerprint density at radius 2 is 1.88 bits per heavy atom. The van der Waals surface area contributed by atoms with E-state index in [9.17, 15) is 4.79 Å². The molecule has 0 radical (unpaired) electrons. The second kappa shape index (κ2) is 8.17. The molecule has 1 saturated carbocycles. The molecule has 1 aliphatic heterocycles. The first-order chi connectivity index (χ1) is 11.8. The van der Waals surface area contributed by atoms with E-state index in [0.717, 1.165) is 45.7 Å². The van der Waals surface area contributed by atoms with Gasteiger partial charge in [-0.1, -0.05) is 42.5 Å². The van der Waals surface area contributed by atoms with E-state index in [1.54, 1.807) is 0 Å². The van der Waals surface area contributed by atoms with Gasteiger partial charge in [-0.2, -0.15) is 0 Å². The van der Waals surface area contributed by atoms with Gasteiger partial charge in [0.25, 0.3) is 0 Å². The largest absolute Gasteiger partial charge is 0.355 e. The lowest BCUT2D eigenvalue weighted by atomic mass is 10.0. The molecule has 2 aromatic rings. The number of carbonyl (C=O) groups excluding carboxylic acids is 1. The summed E-state index contributed by atoms with van der Waals surface area (Å²) in [5.41, 5.74) is 1.30. The Hall–Kier alpha value is -1.62. The average molecular weight is 360 g/mol. The Kier molecular flexibility index (Phi) is 5.94. The van der Waals surface area contributed by atoms with Crippen molar-refractivity contribution in [3.8, 4) is 0 Å². The highest BCUT2D eigenvalue weighted by Gasteiger charge is 2.43. The standard InChI is InChI=1S/C20H25N3O.ClH/c24-20(22-9-12-23-10-7-21-8-11-23)19-14-18(19)17-6-5-15-3-1-2-4-16(15)13-17;/h1-6,13,18-19,21H,7-12,14H2,(H,22,24);1H. The van der Waals surface area contributed by atoms with Crippen LogP contribution in [0.2, 0.25) is 0 Å². The van der Waals surface area contributed by atoms with Crippen LogP contribution in [0.4, 0.5) is 0 Å². The van der Waals surface area contributed by atoms with E-state index < -0.39 is 0 Å². The monoisotopic (exact) mass is 359 g/mol. The number of amides is 1. The van der Waals surface area contributed by atoms with Gasteiger partial charge in [-0.05, 0) is 28.7 Å². The molecule has 1 heterocycles. The smallest absolute Gasteiger partial charge is 0.223 e. The Bertz CT molecular complexity index is 730.